The highest BCUT2D eigenvalue weighted by atomic mass is 19.1. The molecule has 7 heteroatoms. The van der Waals surface area contributed by atoms with Crippen LogP contribution in [0.25, 0.3) is 0 Å². The summed E-state index contributed by atoms with van der Waals surface area (Å²) in [5.74, 6) is -0.0859. The zero-order chi connectivity index (χ0) is 20.7. The van der Waals surface area contributed by atoms with Gasteiger partial charge in [0.2, 0.25) is 5.91 Å². The zero-order valence-corrected chi connectivity index (χ0v) is 16.5. The van der Waals surface area contributed by atoms with Crippen molar-refractivity contribution in [2.45, 2.75) is 39.2 Å². The molecule has 0 aromatic heterocycles. The monoisotopic (exact) mass is 388 g/mol. The fraction of sp³-hybridized carbons (Fsp3) is 0.333. The summed E-state index contributed by atoms with van der Waals surface area (Å²) in [6, 6.07) is 11.4. The first-order valence-corrected chi connectivity index (χ1v) is 8.88. The van der Waals surface area contributed by atoms with Gasteiger partial charge < -0.3 is 14.8 Å². The molecule has 2 amide bonds. The van der Waals surface area contributed by atoms with Gasteiger partial charge in [-0.2, -0.15) is 0 Å². The van der Waals surface area contributed by atoms with Crippen LogP contribution in [0.5, 0.6) is 5.75 Å². The van der Waals surface area contributed by atoms with Crippen molar-refractivity contribution in [2.24, 2.45) is 0 Å². The highest BCUT2D eigenvalue weighted by molar-refractivity contribution is 5.92. The molecule has 0 radical (unpaired) electrons. The van der Waals surface area contributed by atoms with Gasteiger partial charge in [0.15, 0.2) is 0 Å². The number of halogens is 1. The second-order valence-corrected chi connectivity index (χ2v) is 7.22. The van der Waals surface area contributed by atoms with E-state index in [0.717, 1.165) is 11.3 Å². The Bertz CT molecular complexity index is 829. The average Bonchev–Trinajstić information content (AvgIpc) is 2.61. The minimum absolute atomic E-state index is 0.0674. The van der Waals surface area contributed by atoms with Crippen molar-refractivity contribution in [3.05, 3.63) is 53.8 Å². The summed E-state index contributed by atoms with van der Waals surface area (Å²) < 4.78 is 24.1. The SMILES string of the molecule is COc1ccc(CCC(=O)Nc2ccc(F)c(NC(=O)OC(C)(C)C)c2)cc1. The van der Waals surface area contributed by atoms with Crippen molar-refractivity contribution in [1.29, 1.82) is 0 Å². The van der Waals surface area contributed by atoms with Crippen molar-refractivity contribution in [3.8, 4) is 5.75 Å². The highest BCUT2D eigenvalue weighted by Gasteiger charge is 2.17. The number of methoxy groups -OCH3 is 1. The van der Waals surface area contributed by atoms with Crippen LogP contribution in [-0.4, -0.2) is 24.7 Å². The molecule has 0 unspecified atom stereocenters. The van der Waals surface area contributed by atoms with Gasteiger partial charge in [0.1, 0.15) is 17.2 Å². The van der Waals surface area contributed by atoms with E-state index in [0.29, 0.717) is 12.1 Å². The number of ether oxygens (including phenoxy) is 2. The van der Waals surface area contributed by atoms with Gasteiger partial charge in [0.05, 0.1) is 12.8 Å². The Kier molecular flexibility index (Phi) is 6.98. The van der Waals surface area contributed by atoms with E-state index in [1.807, 2.05) is 24.3 Å². The number of anilines is 2. The number of carbonyl (C=O) groups is 2. The molecule has 28 heavy (non-hydrogen) atoms. The van der Waals surface area contributed by atoms with Crippen molar-refractivity contribution in [3.63, 3.8) is 0 Å². The third-order valence-electron chi connectivity index (χ3n) is 3.69. The van der Waals surface area contributed by atoms with Crippen LogP contribution in [0.15, 0.2) is 42.5 Å². The molecule has 0 spiro atoms. The molecule has 0 heterocycles. The smallest absolute Gasteiger partial charge is 0.412 e. The molecular weight excluding hydrogens is 363 g/mol. The molecule has 2 aromatic carbocycles. The molecule has 6 nitrogen and oxygen atoms in total. The van der Waals surface area contributed by atoms with Crippen molar-refractivity contribution in [1.82, 2.24) is 0 Å². The Labute approximate surface area is 164 Å². The molecule has 0 saturated heterocycles. The number of nitrogens with one attached hydrogen (secondary N) is 2. The summed E-state index contributed by atoms with van der Waals surface area (Å²) in [6.07, 6.45) is 0.0489. The van der Waals surface area contributed by atoms with Gasteiger partial charge in [-0.05, 0) is 63.1 Å². The van der Waals surface area contributed by atoms with Crippen molar-refractivity contribution < 1.29 is 23.5 Å². The molecule has 2 rings (SSSR count). The molecule has 0 aliphatic rings. The standard InChI is InChI=1S/C21H25FN2O4/c1-21(2,3)28-20(26)24-18-13-15(8-11-17(18)22)23-19(25)12-7-14-5-9-16(27-4)10-6-14/h5-6,8-11,13H,7,12H2,1-4H3,(H,23,25)(H,24,26). The van der Waals surface area contributed by atoms with Gasteiger partial charge in [-0.25, -0.2) is 9.18 Å². The predicted molar refractivity (Wildman–Crippen MR) is 106 cm³/mol. The van der Waals surface area contributed by atoms with E-state index in [1.165, 1.54) is 18.2 Å². The number of hydrogen-bond acceptors (Lipinski definition) is 4. The lowest BCUT2D eigenvalue weighted by Crippen LogP contribution is -2.27. The van der Waals surface area contributed by atoms with Crippen LogP contribution >= 0.6 is 0 Å². The lowest BCUT2D eigenvalue weighted by molar-refractivity contribution is -0.116. The van der Waals surface area contributed by atoms with E-state index in [-0.39, 0.29) is 18.0 Å². The Morgan fingerprint density at radius 2 is 1.71 bits per heavy atom. The van der Waals surface area contributed by atoms with Crippen LogP contribution in [0.3, 0.4) is 0 Å². The minimum atomic E-state index is -0.769. The van der Waals surface area contributed by atoms with Gasteiger partial charge in [0, 0.05) is 12.1 Å². The number of hydrogen-bond donors (Lipinski definition) is 2. The van der Waals surface area contributed by atoms with Gasteiger partial charge in [0.25, 0.3) is 0 Å². The third kappa shape index (κ3) is 6.90. The lowest BCUT2D eigenvalue weighted by Gasteiger charge is -2.20. The van der Waals surface area contributed by atoms with Gasteiger partial charge in [-0.15, -0.1) is 0 Å². The normalized spacial score (nSPS) is 10.9. The van der Waals surface area contributed by atoms with E-state index in [4.69, 9.17) is 9.47 Å². The first-order valence-electron chi connectivity index (χ1n) is 8.88. The molecule has 0 bridgehead atoms. The molecule has 0 saturated carbocycles. The average molecular weight is 388 g/mol. The number of rotatable bonds is 6. The first kappa shape index (κ1) is 21.2. The molecule has 0 aliphatic carbocycles. The van der Waals surface area contributed by atoms with E-state index < -0.39 is 17.5 Å². The summed E-state index contributed by atoms with van der Waals surface area (Å²) in [6.45, 7) is 5.13. The molecule has 0 aliphatic heterocycles. The van der Waals surface area contributed by atoms with Gasteiger partial charge in [-0.3, -0.25) is 10.1 Å². The number of amides is 2. The third-order valence-corrected chi connectivity index (χ3v) is 3.69. The maximum absolute atomic E-state index is 13.9. The summed E-state index contributed by atoms with van der Waals surface area (Å²) in [5.41, 5.74) is 0.616. The zero-order valence-electron chi connectivity index (χ0n) is 16.5. The molecule has 150 valence electrons. The fourth-order valence-corrected chi connectivity index (χ4v) is 2.39. The van der Waals surface area contributed by atoms with E-state index in [9.17, 15) is 14.0 Å². The van der Waals surface area contributed by atoms with Crippen molar-refractivity contribution in [2.75, 3.05) is 17.7 Å². The van der Waals surface area contributed by atoms with Crippen LogP contribution in [0.2, 0.25) is 0 Å². The van der Waals surface area contributed by atoms with Gasteiger partial charge >= 0.3 is 6.09 Å². The minimum Gasteiger partial charge on any atom is -0.497 e. The molecular formula is C21H25FN2O4. The summed E-state index contributed by atoms with van der Waals surface area (Å²) >= 11 is 0. The number of benzene rings is 2. The van der Waals surface area contributed by atoms with Crippen LogP contribution in [0.4, 0.5) is 20.6 Å². The van der Waals surface area contributed by atoms with Crippen molar-refractivity contribution >= 4 is 23.4 Å². The maximum Gasteiger partial charge on any atom is 0.412 e. The largest absolute Gasteiger partial charge is 0.497 e. The Hall–Kier alpha value is -3.09. The van der Waals surface area contributed by atoms with E-state index >= 15 is 0 Å². The number of carbonyl (C=O) groups excluding carboxylic acids is 2. The predicted octanol–water partition coefficient (Wildman–Crippen LogP) is 4.75. The quantitative estimate of drug-likeness (QED) is 0.748. The Morgan fingerprint density at radius 3 is 2.32 bits per heavy atom. The molecule has 0 atom stereocenters. The van der Waals surface area contributed by atoms with Crippen LogP contribution < -0.4 is 15.4 Å². The lowest BCUT2D eigenvalue weighted by atomic mass is 10.1. The summed E-state index contributed by atoms with van der Waals surface area (Å²) in [5, 5.41) is 5.05. The van der Waals surface area contributed by atoms with Crippen LogP contribution in [0.1, 0.15) is 32.8 Å². The van der Waals surface area contributed by atoms with E-state index in [1.54, 1.807) is 27.9 Å². The van der Waals surface area contributed by atoms with E-state index in [2.05, 4.69) is 10.6 Å². The number of aryl methyl sites for hydroxylation is 1. The van der Waals surface area contributed by atoms with Crippen LogP contribution in [0, 0.1) is 5.82 Å². The Balaban J connectivity index is 1.93. The second-order valence-electron chi connectivity index (χ2n) is 7.22. The first-order chi connectivity index (χ1) is 13.2. The second kappa shape index (κ2) is 9.21. The molecule has 0 fully saturated rings. The highest BCUT2D eigenvalue weighted by Crippen LogP contribution is 2.21. The Morgan fingerprint density at radius 1 is 1.04 bits per heavy atom. The molecule has 2 aromatic rings. The van der Waals surface area contributed by atoms with Gasteiger partial charge in [-0.1, -0.05) is 12.1 Å². The fourth-order valence-electron chi connectivity index (χ4n) is 2.39. The molecule has 2 N–H and O–H groups in total. The summed E-state index contributed by atoms with van der Waals surface area (Å²) in [7, 11) is 1.59. The summed E-state index contributed by atoms with van der Waals surface area (Å²) in [4.78, 5) is 24.0. The van der Waals surface area contributed by atoms with Crippen LogP contribution in [-0.2, 0) is 16.0 Å². The maximum atomic E-state index is 13.9. The topological polar surface area (TPSA) is 76.7 Å².